The van der Waals surface area contributed by atoms with E-state index in [2.05, 4.69) is 15.6 Å². The summed E-state index contributed by atoms with van der Waals surface area (Å²) in [4.78, 5) is 12.0. The third-order valence-electron chi connectivity index (χ3n) is 3.04. The van der Waals surface area contributed by atoms with E-state index in [1.165, 1.54) is 0 Å². The molecule has 0 spiro atoms. The van der Waals surface area contributed by atoms with Crippen molar-refractivity contribution in [1.29, 1.82) is 0 Å². The molecule has 104 valence electrons. The fraction of sp³-hybridized carbons (Fsp3) is 0.0625. The van der Waals surface area contributed by atoms with Crippen molar-refractivity contribution < 1.29 is 4.79 Å². The lowest BCUT2D eigenvalue weighted by Crippen LogP contribution is -2.23. The van der Waals surface area contributed by atoms with Gasteiger partial charge in [0, 0.05) is 6.54 Å². The minimum atomic E-state index is -0.235. The number of benzene rings is 2. The minimum absolute atomic E-state index is 0.235. The summed E-state index contributed by atoms with van der Waals surface area (Å²) in [5, 5.41) is 10.7. The number of nitrogens with zero attached hydrogens (tertiary/aromatic N) is 3. The van der Waals surface area contributed by atoms with Crippen LogP contribution >= 0.6 is 0 Å². The Morgan fingerprint density at radius 1 is 1.00 bits per heavy atom. The fourth-order valence-electron chi connectivity index (χ4n) is 1.94. The fourth-order valence-corrected chi connectivity index (χ4v) is 1.94. The molecule has 5 heteroatoms. The Hall–Kier alpha value is -2.95. The molecule has 1 aromatic heterocycles. The molecule has 0 saturated heterocycles. The quantitative estimate of drug-likeness (QED) is 0.796. The highest BCUT2D eigenvalue weighted by molar-refractivity contribution is 5.91. The van der Waals surface area contributed by atoms with Crippen molar-refractivity contribution in [2.75, 3.05) is 0 Å². The van der Waals surface area contributed by atoms with E-state index in [0.717, 1.165) is 11.3 Å². The first-order valence-electron chi connectivity index (χ1n) is 6.63. The Balaban J connectivity index is 1.67. The van der Waals surface area contributed by atoms with Crippen LogP contribution < -0.4 is 5.32 Å². The number of nitrogens with one attached hydrogen (secondary N) is 1. The molecule has 1 amide bonds. The van der Waals surface area contributed by atoms with Gasteiger partial charge in [-0.1, -0.05) is 53.7 Å². The highest BCUT2D eigenvalue weighted by Gasteiger charge is 2.10. The minimum Gasteiger partial charge on any atom is -0.347 e. The number of hydrogen-bond donors (Lipinski definition) is 1. The lowest BCUT2D eigenvalue weighted by molar-refractivity contribution is 0.0946. The first-order chi connectivity index (χ1) is 10.3. The molecule has 0 aliphatic rings. The average molecular weight is 278 g/mol. The largest absolute Gasteiger partial charge is 0.347 e. The van der Waals surface area contributed by atoms with Gasteiger partial charge in [-0.2, -0.15) is 0 Å². The summed E-state index contributed by atoms with van der Waals surface area (Å²) in [6.45, 7) is 0.470. The first kappa shape index (κ1) is 13.1. The topological polar surface area (TPSA) is 59.8 Å². The molecule has 1 N–H and O–H groups in total. The van der Waals surface area contributed by atoms with E-state index in [4.69, 9.17) is 0 Å². The van der Waals surface area contributed by atoms with Crippen molar-refractivity contribution in [1.82, 2.24) is 20.3 Å². The molecule has 0 aliphatic carbocycles. The SMILES string of the molecule is O=C(NCc1ccccc1)c1cn(-c2ccccc2)nn1. The number of rotatable bonds is 4. The molecule has 21 heavy (non-hydrogen) atoms. The van der Waals surface area contributed by atoms with Crippen molar-refractivity contribution in [3.05, 3.63) is 78.1 Å². The molecular weight excluding hydrogens is 264 g/mol. The van der Waals surface area contributed by atoms with Gasteiger partial charge in [-0.05, 0) is 17.7 Å². The van der Waals surface area contributed by atoms with E-state index >= 15 is 0 Å². The van der Waals surface area contributed by atoms with E-state index in [9.17, 15) is 4.79 Å². The van der Waals surface area contributed by atoms with Crippen LogP contribution in [0.5, 0.6) is 0 Å². The molecule has 0 fully saturated rings. The summed E-state index contributed by atoms with van der Waals surface area (Å²) in [5.41, 5.74) is 2.21. The molecular formula is C16H14N4O. The summed E-state index contributed by atoms with van der Waals surface area (Å²) in [6.07, 6.45) is 1.62. The van der Waals surface area contributed by atoms with Crippen molar-refractivity contribution in [2.24, 2.45) is 0 Å². The number of carbonyl (C=O) groups is 1. The van der Waals surface area contributed by atoms with Gasteiger partial charge in [0.05, 0.1) is 11.9 Å². The lowest BCUT2D eigenvalue weighted by atomic mass is 10.2. The standard InChI is InChI=1S/C16H14N4O/c21-16(17-11-13-7-3-1-4-8-13)15-12-20(19-18-15)14-9-5-2-6-10-14/h1-10,12H,11H2,(H,17,21). The van der Waals surface area contributed by atoms with E-state index in [0.29, 0.717) is 12.2 Å². The van der Waals surface area contributed by atoms with Gasteiger partial charge >= 0.3 is 0 Å². The van der Waals surface area contributed by atoms with E-state index < -0.39 is 0 Å². The van der Waals surface area contributed by atoms with Gasteiger partial charge in [0.1, 0.15) is 0 Å². The summed E-state index contributed by atoms with van der Waals surface area (Å²) in [7, 11) is 0. The second-order valence-electron chi connectivity index (χ2n) is 4.55. The highest BCUT2D eigenvalue weighted by atomic mass is 16.2. The first-order valence-corrected chi connectivity index (χ1v) is 6.63. The van der Waals surface area contributed by atoms with Gasteiger partial charge in [-0.25, -0.2) is 4.68 Å². The molecule has 5 nitrogen and oxygen atoms in total. The van der Waals surface area contributed by atoms with Gasteiger partial charge in [0.15, 0.2) is 5.69 Å². The van der Waals surface area contributed by atoms with E-state index in [1.54, 1.807) is 10.9 Å². The Kier molecular flexibility index (Phi) is 3.73. The predicted molar refractivity (Wildman–Crippen MR) is 79.0 cm³/mol. The molecule has 0 aliphatic heterocycles. The molecule has 3 aromatic rings. The molecule has 3 rings (SSSR count). The summed E-state index contributed by atoms with van der Waals surface area (Å²) >= 11 is 0. The van der Waals surface area contributed by atoms with Crippen LogP contribution in [0.15, 0.2) is 66.9 Å². The molecule has 0 radical (unpaired) electrons. The second kappa shape index (κ2) is 6.00. The zero-order valence-electron chi connectivity index (χ0n) is 11.3. The number of para-hydroxylation sites is 1. The monoisotopic (exact) mass is 278 g/mol. The molecule has 0 unspecified atom stereocenters. The maximum absolute atomic E-state index is 12.0. The van der Waals surface area contributed by atoms with Gasteiger partial charge in [0.25, 0.3) is 5.91 Å². The Labute approximate surface area is 122 Å². The molecule has 2 aromatic carbocycles. The van der Waals surface area contributed by atoms with Crippen LogP contribution in [0.2, 0.25) is 0 Å². The zero-order valence-corrected chi connectivity index (χ0v) is 11.3. The van der Waals surface area contributed by atoms with Crippen molar-refractivity contribution >= 4 is 5.91 Å². The second-order valence-corrected chi connectivity index (χ2v) is 4.55. The Morgan fingerprint density at radius 3 is 2.38 bits per heavy atom. The average Bonchev–Trinajstić information content (AvgIpc) is 3.04. The van der Waals surface area contributed by atoms with Crippen LogP contribution in [-0.2, 0) is 6.54 Å². The van der Waals surface area contributed by atoms with Crippen molar-refractivity contribution in [2.45, 2.75) is 6.54 Å². The third kappa shape index (κ3) is 3.14. The van der Waals surface area contributed by atoms with Crippen LogP contribution in [0.4, 0.5) is 0 Å². The number of aromatic nitrogens is 3. The van der Waals surface area contributed by atoms with Gasteiger partial charge in [-0.3, -0.25) is 4.79 Å². The van der Waals surface area contributed by atoms with Crippen molar-refractivity contribution in [3.63, 3.8) is 0 Å². The number of carbonyl (C=O) groups excluding carboxylic acids is 1. The van der Waals surface area contributed by atoms with Crippen LogP contribution in [0.1, 0.15) is 16.1 Å². The van der Waals surface area contributed by atoms with Crippen LogP contribution in [0.25, 0.3) is 5.69 Å². The third-order valence-corrected chi connectivity index (χ3v) is 3.04. The number of hydrogen-bond acceptors (Lipinski definition) is 3. The number of amides is 1. The maximum Gasteiger partial charge on any atom is 0.273 e. The Bertz CT molecular complexity index is 722. The summed E-state index contributed by atoms with van der Waals surface area (Å²) < 4.78 is 1.58. The smallest absolute Gasteiger partial charge is 0.273 e. The van der Waals surface area contributed by atoms with Gasteiger partial charge < -0.3 is 5.32 Å². The summed E-state index contributed by atoms with van der Waals surface area (Å²) in [6, 6.07) is 19.3. The zero-order chi connectivity index (χ0) is 14.5. The van der Waals surface area contributed by atoms with E-state index in [-0.39, 0.29) is 5.91 Å². The molecule has 0 bridgehead atoms. The summed E-state index contributed by atoms with van der Waals surface area (Å²) in [5.74, 6) is -0.235. The van der Waals surface area contributed by atoms with Crippen LogP contribution in [-0.4, -0.2) is 20.9 Å². The highest BCUT2D eigenvalue weighted by Crippen LogP contribution is 2.06. The van der Waals surface area contributed by atoms with Crippen LogP contribution in [0, 0.1) is 0 Å². The van der Waals surface area contributed by atoms with Gasteiger partial charge in [-0.15, -0.1) is 5.10 Å². The normalized spacial score (nSPS) is 10.3. The Morgan fingerprint density at radius 2 is 1.67 bits per heavy atom. The van der Waals surface area contributed by atoms with Gasteiger partial charge in [0.2, 0.25) is 0 Å². The van der Waals surface area contributed by atoms with E-state index in [1.807, 2.05) is 60.7 Å². The van der Waals surface area contributed by atoms with Crippen molar-refractivity contribution in [3.8, 4) is 5.69 Å². The molecule has 0 saturated carbocycles. The lowest BCUT2D eigenvalue weighted by Gasteiger charge is -2.02. The maximum atomic E-state index is 12.0. The van der Waals surface area contributed by atoms with Crippen LogP contribution in [0.3, 0.4) is 0 Å². The molecule has 1 heterocycles. The molecule has 0 atom stereocenters. The predicted octanol–water partition coefficient (Wildman–Crippen LogP) is 2.20.